The van der Waals surface area contributed by atoms with Crippen LogP contribution >= 0.6 is 0 Å². The van der Waals surface area contributed by atoms with E-state index in [9.17, 15) is 9.18 Å². The van der Waals surface area contributed by atoms with Crippen molar-refractivity contribution in [3.63, 3.8) is 0 Å². The third-order valence-electron chi connectivity index (χ3n) is 1.86. The minimum absolute atomic E-state index is 0.0388. The molecule has 78 valence electrons. The van der Waals surface area contributed by atoms with Crippen molar-refractivity contribution in [2.45, 2.75) is 6.42 Å². The average molecular weight is 205 g/mol. The number of nitrogens with one attached hydrogen (secondary N) is 1. The predicted octanol–water partition coefficient (Wildman–Crippen LogP) is 1.16. The van der Waals surface area contributed by atoms with Gasteiger partial charge in [0.1, 0.15) is 5.82 Å². The standard InChI is InChI=1S/C12H12FNO/c1-2-7-14-9-12(15)8-10-3-5-11(13)6-4-10/h1,3-6,14H,7-9H2. The summed E-state index contributed by atoms with van der Waals surface area (Å²) >= 11 is 0. The van der Waals surface area contributed by atoms with Crippen molar-refractivity contribution in [3.05, 3.63) is 35.6 Å². The number of Topliss-reactive ketones (excluding diaryl/α,β-unsaturated/α-hetero) is 1. The number of rotatable bonds is 5. The van der Waals surface area contributed by atoms with Crippen LogP contribution in [0.4, 0.5) is 4.39 Å². The Bertz CT molecular complexity index is 364. The summed E-state index contributed by atoms with van der Waals surface area (Å²) in [6, 6.07) is 5.90. The minimum Gasteiger partial charge on any atom is -0.299 e. The van der Waals surface area contributed by atoms with Gasteiger partial charge in [-0.2, -0.15) is 0 Å². The first kappa shape index (κ1) is 11.4. The van der Waals surface area contributed by atoms with Crippen LogP contribution in [0.1, 0.15) is 5.56 Å². The zero-order valence-corrected chi connectivity index (χ0v) is 8.29. The van der Waals surface area contributed by atoms with E-state index in [0.717, 1.165) is 5.56 Å². The van der Waals surface area contributed by atoms with Crippen molar-refractivity contribution in [3.8, 4) is 12.3 Å². The molecule has 0 radical (unpaired) electrons. The first-order valence-electron chi connectivity index (χ1n) is 4.62. The van der Waals surface area contributed by atoms with Gasteiger partial charge >= 0.3 is 0 Å². The van der Waals surface area contributed by atoms with Crippen LogP contribution in [-0.4, -0.2) is 18.9 Å². The van der Waals surface area contributed by atoms with Gasteiger partial charge in [0.15, 0.2) is 5.78 Å². The summed E-state index contributed by atoms with van der Waals surface area (Å²) in [5.74, 6) is 2.13. The van der Waals surface area contributed by atoms with E-state index in [1.54, 1.807) is 12.1 Å². The lowest BCUT2D eigenvalue weighted by atomic mass is 10.1. The van der Waals surface area contributed by atoms with Gasteiger partial charge in [-0.05, 0) is 17.7 Å². The molecule has 2 nitrogen and oxygen atoms in total. The zero-order valence-electron chi connectivity index (χ0n) is 8.29. The lowest BCUT2D eigenvalue weighted by Crippen LogP contribution is -2.24. The number of carbonyl (C=O) groups is 1. The maximum absolute atomic E-state index is 12.6. The second kappa shape index (κ2) is 5.94. The Balaban J connectivity index is 2.38. The maximum Gasteiger partial charge on any atom is 0.150 e. The summed E-state index contributed by atoms with van der Waals surface area (Å²) < 4.78 is 12.6. The Morgan fingerprint density at radius 3 is 2.67 bits per heavy atom. The van der Waals surface area contributed by atoms with E-state index in [0.29, 0.717) is 13.0 Å². The third-order valence-corrected chi connectivity index (χ3v) is 1.86. The van der Waals surface area contributed by atoms with Gasteiger partial charge in [-0.25, -0.2) is 4.39 Å². The second-order valence-electron chi connectivity index (χ2n) is 3.15. The number of terminal acetylenes is 1. The predicted molar refractivity (Wildman–Crippen MR) is 56.8 cm³/mol. The summed E-state index contributed by atoms with van der Waals surface area (Å²) in [6.45, 7) is 0.636. The number of benzene rings is 1. The van der Waals surface area contributed by atoms with Gasteiger partial charge < -0.3 is 0 Å². The molecular formula is C12H12FNO. The number of carbonyl (C=O) groups excluding carboxylic acids is 1. The molecule has 0 bridgehead atoms. The number of hydrogen-bond donors (Lipinski definition) is 1. The lowest BCUT2D eigenvalue weighted by molar-refractivity contribution is -0.117. The fourth-order valence-electron chi connectivity index (χ4n) is 1.17. The Labute approximate surface area is 88.5 Å². The van der Waals surface area contributed by atoms with Gasteiger partial charge in [0.25, 0.3) is 0 Å². The van der Waals surface area contributed by atoms with Crippen LogP contribution in [0.25, 0.3) is 0 Å². The first-order valence-corrected chi connectivity index (χ1v) is 4.62. The molecule has 0 fully saturated rings. The van der Waals surface area contributed by atoms with Crippen molar-refractivity contribution >= 4 is 5.78 Å². The maximum atomic E-state index is 12.6. The van der Waals surface area contributed by atoms with Crippen molar-refractivity contribution in [1.29, 1.82) is 0 Å². The Hall–Kier alpha value is -1.66. The molecule has 0 atom stereocenters. The van der Waals surface area contributed by atoms with Gasteiger partial charge in [-0.1, -0.05) is 18.1 Å². The minimum atomic E-state index is -0.295. The summed E-state index contributed by atoms with van der Waals surface area (Å²) in [6.07, 6.45) is 5.32. The first-order chi connectivity index (χ1) is 7.22. The smallest absolute Gasteiger partial charge is 0.150 e. The molecule has 15 heavy (non-hydrogen) atoms. The summed E-state index contributed by atoms with van der Waals surface area (Å²) in [5, 5.41) is 2.81. The van der Waals surface area contributed by atoms with E-state index in [2.05, 4.69) is 11.2 Å². The lowest BCUT2D eigenvalue weighted by Gasteiger charge is -2.01. The molecule has 1 N–H and O–H groups in total. The SMILES string of the molecule is C#CCNCC(=O)Cc1ccc(F)cc1. The molecule has 0 saturated heterocycles. The van der Waals surface area contributed by atoms with Crippen LogP contribution < -0.4 is 5.32 Å². The zero-order chi connectivity index (χ0) is 11.1. The van der Waals surface area contributed by atoms with Gasteiger partial charge in [-0.3, -0.25) is 10.1 Å². The largest absolute Gasteiger partial charge is 0.299 e. The van der Waals surface area contributed by atoms with Crippen LogP contribution in [0, 0.1) is 18.2 Å². The van der Waals surface area contributed by atoms with Crippen LogP contribution in [0.2, 0.25) is 0 Å². The van der Waals surface area contributed by atoms with Gasteiger partial charge in [0.2, 0.25) is 0 Å². The quantitative estimate of drug-likeness (QED) is 0.577. The molecule has 0 aliphatic heterocycles. The topological polar surface area (TPSA) is 29.1 Å². The molecule has 0 aliphatic carbocycles. The highest BCUT2D eigenvalue weighted by Gasteiger charge is 2.02. The Morgan fingerprint density at radius 1 is 1.40 bits per heavy atom. The number of hydrogen-bond acceptors (Lipinski definition) is 2. The van der Waals surface area contributed by atoms with E-state index < -0.39 is 0 Å². The summed E-state index contributed by atoms with van der Waals surface area (Å²) in [5.41, 5.74) is 0.809. The Morgan fingerprint density at radius 2 is 2.07 bits per heavy atom. The van der Waals surface area contributed by atoms with E-state index in [4.69, 9.17) is 6.42 Å². The van der Waals surface area contributed by atoms with Crippen molar-refractivity contribution < 1.29 is 9.18 Å². The molecule has 0 spiro atoms. The van der Waals surface area contributed by atoms with Crippen LogP contribution in [-0.2, 0) is 11.2 Å². The fourth-order valence-corrected chi connectivity index (χ4v) is 1.17. The van der Waals surface area contributed by atoms with Gasteiger partial charge in [-0.15, -0.1) is 6.42 Å². The monoisotopic (exact) mass is 205 g/mol. The van der Waals surface area contributed by atoms with Crippen molar-refractivity contribution in [2.75, 3.05) is 13.1 Å². The molecule has 1 aromatic carbocycles. The molecular weight excluding hydrogens is 193 g/mol. The van der Waals surface area contributed by atoms with Crippen LogP contribution in [0.3, 0.4) is 0 Å². The fraction of sp³-hybridized carbons (Fsp3) is 0.250. The molecule has 0 aliphatic rings. The van der Waals surface area contributed by atoms with E-state index in [-0.39, 0.29) is 18.1 Å². The van der Waals surface area contributed by atoms with Gasteiger partial charge in [0.05, 0.1) is 13.1 Å². The second-order valence-corrected chi connectivity index (χ2v) is 3.15. The number of halogens is 1. The molecule has 0 heterocycles. The number of ketones is 1. The molecule has 0 unspecified atom stereocenters. The van der Waals surface area contributed by atoms with Gasteiger partial charge in [0, 0.05) is 6.42 Å². The highest BCUT2D eigenvalue weighted by molar-refractivity contribution is 5.82. The Kier molecular flexibility index (Phi) is 4.52. The third kappa shape index (κ3) is 4.39. The van der Waals surface area contributed by atoms with E-state index >= 15 is 0 Å². The average Bonchev–Trinajstić information content (AvgIpc) is 2.22. The molecule has 1 rings (SSSR count). The van der Waals surface area contributed by atoms with Crippen LogP contribution in [0.15, 0.2) is 24.3 Å². The van der Waals surface area contributed by atoms with Crippen molar-refractivity contribution in [1.82, 2.24) is 5.32 Å². The normalized spacial score (nSPS) is 9.60. The molecule has 0 saturated carbocycles. The van der Waals surface area contributed by atoms with E-state index in [1.807, 2.05) is 0 Å². The summed E-state index contributed by atoms with van der Waals surface area (Å²) in [7, 11) is 0. The van der Waals surface area contributed by atoms with Crippen LogP contribution in [0.5, 0.6) is 0 Å². The van der Waals surface area contributed by atoms with E-state index in [1.165, 1.54) is 12.1 Å². The highest BCUT2D eigenvalue weighted by atomic mass is 19.1. The molecule has 0 amide bonds. The molecule has 3 heteroatoms. The van der Waals surface area contributed by atoms with Crippen molar-refractivity contribution in [2.24, 2.45) is 0 Å². The highest BCUT2D eigenvalue weighted by Crippen LogP contribution is 2.03. The summed E-state index contributed by atoms with van der Waals surface area (Å²) in [4.78, 5) is 11.3. The molecule has 0 aromatic heterocycles. The molecule has 1 aromatic rings.